The zero-order chi connectivity index (χ0) is 20.1. The van der Waals surface area contributed by atoms with Gasteiger partial charge in [0.25, 0.3) is 11.8 Å². The van der Waals surface area contributed by atoms with Crippen LogP contribution in [0, 0.1) is 0 Å². The molecule has 5 nitrogen and oxygen atoms in total. The number of rotatable bonds is 5. The predicted molar refractivity (Wildman–Crippen MR) is 112 cm³/mol. The molecule has 1 unspecified atom stereocenters. The lowest BCUT2D eigenvalue weighted by atomic mass is 9.99. The van der Waals surface area contributed by atoms with E-state index in [9.17, 15) is 9.59 Å². The Hall–Kier alpha value is -2.69. The third-order valence-electron chi connectivity index (χ3n) is 5.40. The normalized spacial score (nSPS) is 16.9. The molecule has 1 saturated heterocycles. The second kappa shape index (κ2) is 9.00. The van der Waals surface area contributed by atoms with Crippen molar-refractivity contribution in [2.45, 2.75) is 58.4 Å². The molecule has 0 aliphatic carbocycles. The molecule has 1 aliphatic rings. The topological polar surface area (TPSA) is 62.3 Å². The summed E-state index contributed by atoms with van der Waals surface area (Å²) in [6, 6.07) is 13.1. The van der Waals surface area contributed by atoms with Crippen molar-refractivity contribution in [3.05, 3.63) is 59.4 Å². The first-order valence-corrected chi connectivity index (χ1v) is 10.2. The molecule has 1 aliphatic heterocycles. The number of hydrogen-bond donors (Lipinski definition) is 1. The Morgan fingerprint density at radius 3 is 2.50 bits per heavy atom. The number of amides is 2. The third kappa shape index (κ3) is 4.58. The third-order valence-corrected chi connectivity index (χ3v) is 5.40. The molecule has 1 fully saturated rings. The van der Waals surface area contributed by atoms with Gasteiger partial charge in [-0.1, -0.05) is 39.0 Å². The molecule has 28 heavy (non-hydrogen) atoms. The number of carbonyl (C=O) groups excluding carboxylic acids is 2. The summed E-state index contributed by atoms with van der Waals surface area (Å²) in [7, 11) is 0. The number of pyridine rings is 1. The average Bonchev–Trinajstić information content (AvgIpc) is 2.73. The Kier molecular flexibility index (Phi) is 6.45. The second-order valence-electron chi connectivity index (χ2n) is 7.70. The maximum absolute atomic E-state index is 12.9. The fraction of sp³-hybridized carbons (Fsp3) is 0.435. The van der Waals surface area contributed by atoms with E-state index in [-0.39, 0.29) is 23.6 Å². The Balaban J connectivity index is 1.73. The van der Waals surface area contributed by atoms with Crippen molar-refractivity contribution in [1.82, 2.24) is 9.88 Å². The van der Waals surface area contributed by atoms with Gasteiger partial charge < -0.3 is 10.2 Å². The summed E-state index contributed by atoms with van der Waals surface area (Å²) in [6.07, 6.45) is 4.16. The summed E-state index contributed by atoms with van der Waals surface area (Å²) >= 11 is 0. The Bertz CT molecular complexity index is 830. The molecular formula is C23H29N3O2. The van der Waals surface area contributed by atoms with Gasteiger partial charge in [-0.3, -0.25) is 9.59 Å². The number of nitrogens with one attached hydrogen (secondary N) is 1. The molecule has 1 atom stereocenters. The molecule has 0 spiro atoms. The van der Waals surface area contributed by atoms with Crippen LogP contribution in [0.15, 0.2) is 42.5 Å². The Labute approximate surface area is 167 Å². The molecule has 2 heterocycles. The first-order chi connectivity index (χ1) is 13.5. The van der Waals surface area contributed by atoms with E-state index in [2.05, 4.69) is 31.1 Å². The number of piperidine rings is 1. The minimum absolute atomic E-state index is 0.0810. The van der Waals surface area contributed by atoms with Gasteiger partial charge in [0.15, 0.2) is 0 Å². The van der Waals surface area contributed by atoms with Crippen molar-refractivity contribution >= 4 is 17.5 Å². The lowest BCUT2D eigenvalue weighted by Crippen LogP contribution is -2.43. The number of likely N-dealkylation sites (tertiary alicyclic amines) is 1. The first kappa shape index (κ1) is 20.1. The van der Waals surface area contributed by atoms with Gasteiger partial charge in [-0.2, -0.15) is 0 Å². The molecule has 148 valence electrons. The molecule has 5 heteroatoms. The average molecular weight is 380 g/mol. The van der Waals surface area contributed by atoms with Crippen LogP contribution in [0.2, 0.25) is 0 Å². The van der Waals surface area contributed by atoms with E-state index in [4.69, 9.17) is 0 Å². The summed E-state index contributed by atoms with van der Waals surface area (Å²) in [4.78, 5) is 31.8. The molecular weight excluding hydrogens is 350 g/mol. The molecule has 1 aromatic heterocycles. The summed E-state index contributed by atoms with van der Waals surface area (Å²) < 4.78 is 0. The quantitative estimate of drug-likeness (QED) is 0.807. The van der Waals surface area contributed by atoms with Gasteiger partial charge in [0.1, 0.15) is 11.4 Å². The molecule has 1 N–H and O–H groups in total. The van der Waals surface area contributed by atoms with Crippen LogP contribution in [0.1, 0.15) is 78.9 Å². The maximum Gasteiger partial charge on any atom is 0.274 e. The number of hydrogen-bond acceptors (Lipinski definition) is 3. The van der Waals surface area contributed by atoms with Crippen LogP contribution >= 0.6 is 0 Å². The summed E-state index contributed by atoms with van der Waals surface area (Å²) in [6.45, 7) is 7.13. The van der Waals surface area contributed by atoms with Crippen LogP contribution in [0.3, 0.4) is 0 Å². The van der Waals surface area contributed by atoms with Crippen molar-refractivity contribution in [3.8, 4) is 0 Å². The molecule has 0 radical (unpaired) electrons. The van der Waals surface area contributed by atoms with Crippen LogP contribution < -0.4 is 5.32 Å². The van der Waals surface area contributed by atoms with Crippen LogP contribution in [0.25, 0.3) is 0 Å². The van der Waals surface area contributed by atoms with Gasteiger partial charge in [0.2, 0.25) is 0 Å². The number of nitrogens with zero attached hydrogens (tertiary/aromatic N) is 2. The second-order valence-corrected chi connectivity index (χ2v) is 7.70. The van der Waals surface area contributed by atoms with Gasteiger partial charge in [-0.05, 0) is 61.4 Å². The Morgan fingerprint density at radius 1 is 1.11 bits per heavy atom. The van der Waals surface area contributed by atoms with Crippen LogP contribution in [0.4, 0.5) is 5.69 Å². The molecule has 2 amide bonds. The van der Waals surface area contributed by atoms with Gasteiger partial charge >= 0.3 is 0 Å². The highest BCUT2D eigenvalue weighted by atomic mass is 16.2. The van der Waals surface area contributed by atoms with E-state index in [1.165, 1.54) is 5.56 Å². The maximum atomic E-state index is 12.9. The van der Waals surface area contributed by atoms with Crippen molar-refractivity contribution in [2.75, 3.05) is 11.9 Å². The fourth-order valence-electron chi connectivity index (χ4n) is 3.67. The van der Waals surface area contributed by atoms with Gasteiger partial charge in [0, 0.05) is 18.3 Å². The number of anilines is 1. The zero-order valence-corrected chi connectivity index (χ0v) is 16.9. The molecule has 0 bridgehead atoms. The highest BCUT2D eigenvalue weighted by Crippen LogP contribution is 2.22. The van der Waals surface area contributed by atoms with Gasteiger partial charge in [0.05, 0.1) is 0 Å². The summed E-state index contributed by atoms with van der Waals surface area (Å²) in [5.41, 5.74) is 2.53. The summed E-state index contributed by atoms with van der Waals surface area (Å²) in [5.74, 6) is 0.0518. The molecule has 1 aromatic carbocycles. The van der Waals surface area contributed by atoms with Crippen molar-refractivity contribution < 1.29 is 9.59 Å². The highest BCUT2D eigenvalue weighted by Gasteiger charge is 2.27. The molecule has 2 aromatic rings. The number of aromatic nitrogens is 1. The standard InChI is InChI=1S/C23H29N3O2/c1-4-19-8-5-6-15-26(19)23(28)21-10-7-9-20(25-21)22(27)24-18-13-11-17(12-14-18)16(2)3/h7,9-14,16,19H,4-6,8,15H2,1-3H3,(H,24,27). The predicted octanol–water partition coefficient (Wildman–Crippen LogP) is 4.86. The molecule has 0 saturated carbocycles. The first-order valence-electron chi connectivity index (χ1n) is 10.2. The lowest BCUT2D eigenvalue weighted by molar-refractivity contribution is 0.0602. The van der Waals surface area contributed by atoms with E-state index < -0.39 is 0 Å². The van der Waals surface area contributed by atoms with E-state index in [0.717, 1.165) is 37.9 Å². The Morgan fingerprint density at radius 2 is 1.82 bits per heavy atom. The van der Waals surface area contributed by atoms with E-state index >= 15 is 0 Å². The zero-order valence-electron chi connectivity index (χ0n) is 16.9. The van der Waals surface area contributed by atoms with Crippen molar-refractivity contribution in [3.63, 3.8) is 0 Å². The SMILES string of the molecule is CCC1CCCCN1C(=O)c1cccc(C(=O)Nc2ccc(C(C)C)cc2)n1. The summed E-state index contributed by atoms with van der Waals surface area (Å²) in [5, 5.41) is 2.86. The lowest BCUT2D eigenvalue weighted by Gasteiger charge is -2.35. The van der Waals surface area contributed by atoms with E-state index in [0.29, 0.717) is 11.6 Å². The van der Waals surface area contributed by atoms with Crippen LogP contribution in [-0.2, 0) is 0 Å². The van der Waals surface area contributed by atoms with E-state index in [1.54, 1.807) is 18.2 Å². The minimum Gasteiger partial charge on any atom is -0.334 e. The minimum atomic E-state index is -0.308. The number of carbonyl (C=O) groups is 2. The smallest absolute Gasteiger partial charge is 0.274 e. The highest BCUT2D eigenvalue weighted by molar-refractivity contribution is 6.03. The van der Waals surface area contributed by atoms with E-state index in [1.807, 2.05) is 29.2 Å². The van der Waals surface area contributed by atoms with Gasteiger partial charge in [-0.25, -0.2) is 4.98 Å². The fourth-order valence-corrected chi connectivity index (χ4v) is 3.67. The monoisotopic (exact) mass is 379 g/mol. The van der Waals surface area contributed by atoms with Crippen LogP contribution in [-0.4, -0.2) is 34.3 Å². The van der Waals surface area contributed by atoms with Crippen molar-refractivity contribution in [1.29, 1.82) is 0 Å². The largest absolute Gasteiger partial charge is 0.334 e. The van der Waals surface area contributed by atoms with Gasteiger partial charge in [-0.15, -0.1) is 0 Å². The molecule has 3 rings (SSSR count). The number of benzene rings is 1. The van der Waals surface area contributed by atoms with Crippen LogP contribution in [0.5, 0.6) is 0 Å². The van der Waals surface area contributed by atoms with Crippen molar-refractivity contribution in [2.24, 2.45) is 0 Å².